The molecule has 0 aromatic heterocycles. The quantitative estimate of drug-likeness (QED) is 0.910. The molecule has 1 atom stereocenters. The van der Waals surface area contributed by atoms with Crippen LogP contribution >= 0.6 is 24.8 Å². The van der Waals surface area contributed by atoms with Crippen molar-refractivity contribution in [1.29, 1.82) is 0 Å². The van der Waals surface area contributed by atoms with Crippen LogP contribution in [0.1, 0.15) is 22.7 Å². The standard InChI is InChI=1S/C14H16N2.2ClH/c15-10-12-8-4-5-9-13(12)14(16)11-6-2-1-3-7-11;;/h1-9,14H,10,15-16H2;2*1H. The maximum absolute atomic E-state index is 6.24. The van der Waals surface area contributed by atoms with Gasteiger partial charge in [0.2, 0.25) is 0 Å². The fourth-order valence-electron chi connectivity index (χ4n) is 1.86. The lowest BCUT2D eigenvalue weighted by atomic mass is 9.95. The SMILES string of the molecule is Cl.Cl.NCc1ccccc1C(N)c1ccccc1. The lowest BCUT2D eigenvalue weighted by molar-refractivity contribution is 0.845. The first kappa shape index (κ1) is 16.9. The van der Waals surface area contributed by atoms with Gasteiger partial charge in [-0.15, -0.1) is 24.8 Å². The lowest BCUT2D eigenvalue weighted by Gasteiger charge is -2.15. The van der Waals surface area contributed by atoms with Gasteiger partial charge < -0.3 is 11.5 Å². The third-order valence-electron chi connectivity index (χ3n) is 2.77. The first-order valence-corrected chi connectivity index (χ1v) is 5.41. The third-order valence-corrected chi connectivity index (χ3v) is 2.77. The van der Waals surface area contributed by atoms with Crippen molar-refractivity contribution >= 4 is 24.8 Å². The molecule has 0 saturated carbocycles. The highest BCUT2D eigenvalue weighted by Gasteiger charge is 2.11. The Morgan fingerprint density at radius 2 is 1.39 bits per heavy atom. The van der Waals surface area contributed by atoms with Gasteiger partial charge in [0, 0.05) is 6.54 Å². The molecule has 0 aliphatic rings. The van der Waals surface area contributed by atoms with Crippen LogP contribution in [0.25, 0.3) is 0 Å². The summed E-state index contributed by atoms with van der Waals surface area (Å²) in [6.45, 7) is 0.525. The molecular weight excluding hydrogens is 267 g/mol. The van der Waals surface area contributed by atoms with Crippen molar-refractivity contribution in [1.82, 2.24) is 0 Å². The molecule has 2 rings (SSSR count). The molecule has 0 fully saturated rings. The Bertz CT molecular complexity index is 460. The minimum atomic E-state index is -0.0963. The summed E-state index contributed by atoms with van der Waals surface area (Å²) in [5.41, 5.74) is 15.3. The second-order valence-electron chi connectivity index (χ2n) is 3.79. The third kappa shape index (κ3) is 3.72. The predicted octanol–water partition coefficient (Wildman–Crippen LogP) is 3.04. The van der Waals surface area contributed by atoms with Gasteiger partial charge in [-0.1, -0.05) is 54.6 Å². The molecule has 0 spiro atoms. The molecule has 2 nitrogen and oxygen atoms in total. The number of rotatable bonds is 3. The van der Waals surface area contributed by atoms with E-state index in [0.717, 1.165) is 16.7 Å². The Labute approximate surface area is 120 Å². The second-order valence-corrected chi connectivity index (χ2v) is 3.79. The molecule has 2 aromatic rings. The number of halogens is 2. The van der Waals surface area contributed by atoms with Crippen molar-refractivity contribution in [3.05, 3.63) is 71.3 Å². The summed E-state index contributed by atoms with van der Waals surface area (Å²) in [7, 11) is 0. The largest absolute Gasteiger partial charge is 0.326 e. The van der Waals surface area contributed by atoms with Crippen molar-refractivity contribution < 1.29 is 0 Å². The van der Waals surface area contributed by atoms with Crippen LogP contribution in [0.4, 0.5) is 0 Å². The van der Waals surface area contributed by atoms with Crippen LogP contribution in [0.3, 0.4) is 0 Å². The number of hydrogen-bond donors (Lipinski definition) is 2. The minimum absolute atomic E-state index is 0. The van der Waals surface area contributed by atoms with Crippen LogP contribution in [-0.2, 0) is 6.54 Å². The second kappa shape index (κ2) is 8.11. The summed E-state index contributed by atoms with van der Waals surface area (Å²) in [4.78, 5) is 0. The highest BCUT2D eigenvalue weighted by Crippen LogP contribution is 2.22. The normalized spacial score (nSPS) is 11.0. The zero-order valence-electron chi connectivity index (χ0n) is 9.95. The number of hydrogen-bond acceptors (Lipinski definition) is 2. The molecular formula is C14H18Cl2N2. The average molecular weight is 285 g/mol. The highest BCUT2D eigenvalue weighted by atomic mass is 35.5. The predicted molar refractivity (Wildman–Crippen MR) is 81.3 cm³/mol. The fourth-order valence-corrected chi connectivity index (χ4v) is 1.86. The van der Waals surface area contributed by atoms with Gasteiger partial charge in [0.15, 0.2) is 0 Å². The van der Waals surface area contributed by atoms with Crippen LogP contribution in [0.2, 0.25) is 0 Å². The minimum Gasteiger partial charge on any atom is -0.326 e. The first-order chi connectivity index (χ1) is 7.83. The Morgan fingerprint density at radius 3 is 2.00 bits per heavy atom. The Morgan fingerprint density at radius 1 is 0.833 bits per heavy atom. The van der Waals surface area contributed by atoms with E-state index < -0.39 is 0 Å². The topological polar surface area (TPSA) is 52.0 Å². The van der Waals surface area contributed by atoms with E-state index in [-0.39, 0.29) is 30.9 Å². The van der Waals surface area contributed by atoms with Crippen molar-refractivity contribution in [2.45, 2.75) is 12.6 Å². The highest BCUT2D eigenvalue weighted by molar-refractivity contribution is 5.85. The summed E-state index contributed by atoms with van der Waals surface area (Å²) in [5, 5.41) is 0. The van der Waals surface area contributed by atoms with Crippen LogP contribution < -0.4 is 11.5 Å². The smallest absolute Gasteiger partial charge is 0.0554 e. The van der Waals surface area contributed by atoms with Crippen LogP contribution in [0.15, 0.2) is 54.6 Å². The molecule has 98 valence electrons. The summed E-state index contributed by atoms with van der Waals surface area (Å²) in [6.07, 6.45) is 0. The molecule has 2 aromatic carbocycles. The molecule has 0 bridgehead atoms. The van der Waals surface area contributed by atoms with Crippen LogP contribution in [-0.4, -0.2) is 0 Å². The van der Waals surface area contributed by atoms with E-state index in [1.54, 1.807) is 0 Å². The van der Waals surface area contributed by atoms with Crippen molar-refractivity contribution in [2.75, 3.05) is 0 Å². The van der Waals surface area contributed by atoms with Crippen molar-refractivity contribution in [2.24, 2.45) is 11.5 Å². The Hall–Kier alpha value is -1.06. The monoisotopic (exact) mass is 284 g/mol. The lowest BCUT2D eigenvalue weighted by Crippen LogP contribution is -2.15. The van der Waals surface area contributed by atoms with E-state index in [0.29, 0.717) is 6.54 Å². The Balaban J connectivity index is 0.00000144. The van der Waals surface area contributed by atoms with Crippen molar-refractivity contribution in [3.63, 3.8) is 0 Å². The average Bonchev–Trinajstić information content (AvgIpc) is 2.39. The van der Waals surface area contributed by atoms with Gasteiger partial charge in [-0.2, -0.15) is 0 Å². The number of benzene rings is 2. The molecule has 18 heavy (non-hydrogen) atoms. The van der Waals surface area contributed by atoms with E-state index in [2.05, 4.69) is 0 Å². The van der Waals surface area contributed by atoms with E-state index in [4.69, 9.17) is 11.5 Å². The van der Waals surface area contributed by atoms with E-state index in [1.165, 1.54) is 0 Å². The van der Waals surface area contributed by atoms with Gasteiger partial charge in [0.05, 0.1) is 6.04 Å². The summed E-state index contributed by atoms with van der Waals surface area (Å²) < 4.78 is 0. The Kier molecular flexibility index (Phi) is 7.64. The van der Waals surface area contributed by atoms with Gasteiger partial charge in [-0.3, -0.25) is 0 Å². The molecule has 1 unspecified atom stereocenters. The van der Waals surface area contributed by atoms with Gasteiger partial charge in [0.1, 0.15) is 0 Å². The van der Waals surface area contributed by atoms with Crippen LogP contribution in [0.5, 0.6) is 0 Å². The maximum Gasteiger partial charge on any atom is 0.0554 e. The summed E-state index contributed by atoms with van der Waals surface area (Å²) in [6, 6.07) is 18.0. The maximum atomic E-state index is 6.24. The molecule has 0 radical (unpaired) electrons. The van der Waals surface area contributed by atoms with Gasteiger partial charge in [-0.05, 0) is 16.7 Å². The molecule has 4 heteroatoms. The van der Waals surface area contributed by atoms with E-state index >= 15 is 0 Å². The zero-order chi connectivity index (χ0) is 11.4. The van der Waals surface area contributed by atoms with Gasteiger partial charge >= 0.3 is 0 Å². The van der Waals surface area contributed by atoms with E-state index in [9.17, 15) is 0 Å². The van der Waals surface area contributed by atoms with Gasteiger partial charge in [0.25, 0.3) is 0 Å². The molecule has 4 N–H and O–H groups in total. The zero-order valence-corrected chi connectivity index (χ0v) is 11.6. The molecule has 0 heterocycles. The molecule has 0 aliphatic heterocycles. The van der Waals surface area contributed by atoms with E-state index in [1.807, 2.05) is 54.6 Å². The number of nitrogens with two attached hydrogens (primary N) is 2. The first-order valence-electron chi connectivity index (χ1n) is 5.41. The van der Waals surface area contributed by atoms with Crippen LogP contribution in [0, 0.1) is 0 Å². The summed E-state index contributed by atoms with van der Waals surface area (Å²) in [5.74, 6) is 0. The van der Waals surface area contributed by atoms with Crippen molar-refractivity contribution in [3.8, 4) is 0 Å². The van der Waals surface area contributed by atoms with Gasteiger partial charge in [-0.25, -0.2) is 0 Å². The molecule has 0 amide bonds. The summed E-state index contributed by atoms with van der Waals surface area (Å²) >= 11 is 0. The molecule has 0 saturated heterocycles. The fraction of sp³-hybridized carbons (Fsp3) is 0.143. The molecule has 0 aliphatic carbocycles.